The lowest BCUT2D eigenvalue weighted by Gasteiger charge is -2.38. The van der Waals surface area contributed by atoms with Crippen LogP contribution in [-0.2, 0) is 14.4 Å². The summed E-state index contributed by atoms with van der Waals surface area (Å²) in [5, 5.41) is 7.37. The van der Waals surface area contributed by atoms with Gasteiger partial charge in [-0.1, -0.05) is 19.3 Å². The summed E-state index contributed by atoms with van der Waals surface area (Å²) in [4.78, 5) is 41.0. The first-order chi connectivity index (χ1) is 12.0. The highest BCUT2D eigenvalue weighted by Crippen LogP contribution is 2.27. The van der Waals surface area contributed by atoms with Gasteiger partial charge in [-0.05, 0) is 32.3 Å². The van der Waals surface area contributed by atoms with Crippen molar-refractivity contribution in [3.05, 3.63) is 11.3 Å². The minimum absolute atomic E-state index is 0.157. The van der Waals surface area contributed by atoms with Crippen LogP contribution in [0.5, 0.6) is 0 Å². The lowest BCUT2D eigenvalue weighted by Crippen LogP contribution is -2.54. The number of piperazine rings is 1. The molecule has 2 heterocycles. The van der Waals surface area contributed by atoms with E-state index in [1.54, 1.807) is 18.7 Å². The summed E-state index contributed by atoms with van der Waals surface area (Å²) >= 11 is 0. The summed E-state index contributed by atoms with van der Waals surface area (Å²) < 4.78 is 0. The van der Waals surface area contributed by atoms with Gasteiger partial charge in [0.25, 0.3) is 5.91 Å². The first kappa shape index (κ1) is 17.8. The number of rotatable bonds is 2. The van der Waals surface area contributed by atoms with Gasteiger partial charge in [0, 0.05) is 32.1 Å². The average Bonchev–Trinajstić information content (AvgIpc) is 2.65. The lowest BCUT2D eigenvalue weighted by molar-refractivity contribution is -0.146. The molecule has 1 atom stereocenters. The topological polar surface area (TPSA) is 82.4 Å². The smallest absolute Gasteiger partial charge is 0.281 e. The fourth-order valence-corrected chi connectivity index (χ4v) is 3.88. The van der Waals surface area contributed by atoms with E-state index in [0.29, 0.717) is 37.4 Å². The Labute approximate surface area is 148 Å². The highest BCUT2D eigenvalue weighted by Gasteiger charge is 2.37. The Morgan fingerprint density at radius 2 is 1.44 bits per heavy atom. The predicted octanol–water partition coefficient (Wildman–Crippen LogP) is 2.14. The number of carbonyl (C=O) groups excluding carboxylic acids is 3. The second-order valence-corrected chi connectivity index (χ2v) is 7.23. The second-order valence-electron chi connectivity index (χ2n) is 7.23. The Morgan fingerprint density at radius 1 is 0.880 bits per heavy atom. The van der Waals surface area contributed by atoms with E-state index in [1.165, 1.54) is 6.42 Å². The molecule has 0 bridgehead atoms. The number of hydrogen-bond donors (Lipinski definition) is 0. The van der Waals surface area contributed by atoms with Crippen LogP contribution in [0.2, 0.25) is 0 Å². The van der Waals surface area contributed by atoms with Gasteiger partial charge in [0.2, 0.25) is 11.8 Å². The van der Waals surface area contributed by atoms with Gasteiger partial charge in [-0.15, -0.1) is 5.11 Å². The standard InChI is InChI=1S/C18H26N4O3/c1-12-13(2)19-20-16(23)15(12)18(25)22-10-8-21(9-11-22)17(24)14-6-4-3-5-7-14/h14-15H,3-11H2,1-2H3. The molecule has 7 nitrogen and oxygen atoms in total. The van der Waals surface area contributed by atoms with Gasteiger partial charge >= 0.3 is 0 Å². The van der Waals surface area contributed by atoms with Crippen molar-refractivity contribution in [1.29, 1.82) is 0 Å². The average molecular weight is 346 g/mol. The second kappa shape index (κ2) is 7.45. The normalized spacial score (nSPS) is 25.5. The molecule has 25 heavy (non-hydrogen) atoms. The summed E-state index contributed by atoms with van der Waals surface area (Å²) in [5.74, 6) is -1.16. The summed E-state index contributed by atoms with van der Waals surface area (Å²) in [6.07, 6.45) is 5.48. The summed E-state index contributed by atoms with van der Waals surface area (Å²) in [7, 11) is 0. The van der Waals surface area contributed by atoms with E-state index in [2.05, 4.69) is 10.2 Å². The van der Waals surface area contributed by atoms with Gasteiger partial charge in [-0.3, -0.25) is 14.4 Å². The fourth-order valence-electron chi connectivity index (χ4n) is 3.88. The van der Waals surface area contributed by atoms with Gasteiger partial charge in [0.1, 0.15) is 5.92 Å². The molecule has 7 heteroatoms. The molecule has 1 saturated heterocycles. The fraction of sp³-hybridized carbons (Fsp3) is 0.722. The molecule has 0 aromatic heterocycles. The summed E-state index contributed by atoms with van der Waals surface area (Å²) in [6.45, 7) is 5.56. The molecule has 0 spiro atoms. The first-order valence-electron chi connectivity index (χ1n) is 9.19. The van der Waals surface area contributed by atoms with Crippen LogP contribution < -0.4 is 0 Å². The monoisotopic (exact) mass is 346 g/mol. The number of amides is 3. The van der Waals surface area contributed by atoms with Gasteiger partial charge in [0.15, 0.2) is 0 Å². The van der Waals surface area contributed by atoms with Gasteiger partial charge in [-0.25, -0.2) is 0 Å². The maximum Gasteiger partial charge on any atom is 0.281 e. The van der Waals surface area contributed by atoms with Crippen molar-refractivity contribution in [3.63, 3.8) is 0 Å². The van der Waals surface area contributed by atoms with E-state index in [0.717, 1.165) is 25.7 Å². The van der Waals surface area contributed by atoms with Crippen molar-refractivity contribution in [2.24, 2.45) is 22.1 Å². The molecule has 2 aliphatic heterocycles. The van der Waals surface area contributed by atoms with Crippen molar-refractivity contribution in [3.8, 4) is 0 Å². The molecule has 0 radical (unpaired) electrons. The van der Waals surface area contributed by atoms with E-state index in [-0.39, 0.29) is 17.7 Å². The van der Waals surface area contributed by atoms with Crippen LogP contribution in [-0.4, -0.2) is 53.7 Å². The quantitative estimate of drug-likeness (QED) is 0.718. The van der Waals surface area contributed by atoms with E-state index >= 15 is 0 Å². The zero-order chi connectivity index (χ0) is 18.0. The van der Waals surface area contributed by atoms with Crippen LogP contribution in [0.15, 0.2) is 21.5 Å². The highest BCUT2D eigenvalue weighted by molar-refractivity contribution is 6.04. The summed E-state index contributed by atoms with van der Waals surface area (Å²) in [5.41, 5.74) is 1.30. The highest BCUT2D eigenvalue weighted by atomic mass is 16.2. The van der Waals surface area contributed by atoms with E-state index < -0.39 is 11.8 Å². The third-order valence-electron chi connectivity index (χ3n) is 5.65. The first-order valence-corrected chi connectivity index (χ1v) is 9.19. The van der Waals surface area contributed by atoms with Gasteiger partial charge in [-0.2, -0.15) is 5.11 Å². The lowest BCUT2D eigenvalue weighted by atomic mass is 9.88. The minimum Gasteiger partial charge on any atom is -0.339 e. The molecular weight excluding hydrogens is 320 g/mol. The largest absolute Gasteiger partial charge is 0.339 e. The molecular formula is C18H26N4O3. The maximum atomic E-state index is 12.8. The van der Waals surface area contributed by atoms with E-state index in [1.807, 2.05) is 4.90 Å². The van der Waals surface area contributed by atoms with Gasteiger partial charge < -0.3 is 9.80 Å². The van der Waals surface area contributed by atoms with Crippen LogP contribution in [0.1, 0.15) is 46.0 Å². The van der Waals surface area contributed by atoms with Crippen molar-refractivity contribution in [2.75, 3.05) is 26.2 Å². The number of azo groups is 1. The van der Waals surface area contributed by atoms with E-state index in [4.69, 9.17) is 0 Å². The Bertz CT molecular complexity index is 626. The zero-order valence-corrected chi connectivity index (χ0v) is 15.0. The Hall–Kier alpha value is -2.05. The Kier molecular flexibility index (Phi) is 5.30. The third-order valence-corrected chi connectivity index (χ3v) is 5.65. The zero-order valence-electron chi connectivity index (χ0n) is 15.0. The van der Waals surface area contributed by atoms with Crippen molar-refractivity contribution < 1.29 is 14.4 Å². The SMILES string of the molecule is CC1=C(C)C(C(=O)N2CCN(C(=O)C3CCCCC3)CC2)C(=O)N=N1. The maximum absolute atomic E-state index is 12.8. The van der Waals surface area contributed by atoms with Crippen LogP contribution in [0, 0.1) is 11.8 Å². The number of carbonyl (C=O) groups is 3. The minimum atomic E-state index is -0.849. The number of nitrogens with zero attached hydrogens (tertiary/aromatic N) is 4. The molecule has 1 saturated carbocycles. The van der Waals surface area contributed by atoms with Crippen molar-refractivity contribution >= 4 is 17.7 Å². The van der Waals surface area contributed by atoms with Crippen molar-refractivity contribution in [1.82, 2.24) is 9.80 Å². The molecule has 1 unspecified atom stereocenters. The van der Waals surface area contributed by atoms with E-state index in [9.17, 15) is 14.4 Å². The van der Waals surface area contributed by atoms with Crippen LogP contribution in [0.4, 0.5) is 0 Å². The van der Waals surface area contributed by atoms with Gasteiger partial charge in [0.05, 0.1) is 5.70 Å². The number of hydrogen-bond acceptors (Lipinski definition) is 4. The molecule has 0 aromatic rings. The molecule has 3 aliphatic rings. The van der Waals surface area contributed by atoms with Crippen molar-refractivity contribution in [2.45, 2.75) is 46.0 Å². The van der Waals surface area contributed by atoms with Crippen LogP contribution in [0.3, 0.4) is 0 Å². The molecule has 2 fully saturated rings. The predicted molar refractivity (Wildman–Crippen MR) is 91.5 cm³/mol. The van der Waals surface area contributed by atoms with Crippen LogP contribution >= 0.6 is 0 Å². The molecule has 1 aliphatic carbocycles. The summed E-state index contributed by atoms with van der Waals surface area (Å²) in [6, 6.07) is 0. The molecule has 0 N–H and O–H groups in total. The molecule has 0 aromatic carbocycles. The Morgan fingerprint density at radius 3 is 2.04 bits per heavy atom. The third kappa shape index (κ3) is 3.65. The van der Waals surface area contributed by atoms with Crippen LogP contribution in [0.25, 0.3) is 0 Å². The Balaban J connectivity index is 1.58. The number of allylic oxidation sites excluding steroid dienone is 1. The molecule has 3 rings (SSSR count). The molecule has 3 amide bonds. The molecule has 136 valence electrons.